The molecule has 1 amide bonds. The molecule has 0 bridgehead atoms. The van der Waals surface area contributed by atoms with E-state index in [1.54, 1.807) is 5.32 Å². The van der Waals surface area contributed by atoms with Crippen LogP contribution in [0.1, 0.15) is 6.42 Å². The van der Waals surface area contributed by atoms with E-state index in [0.717, 1.165) is 0 Å². The summed E-state index contributed by atoms with van der Waals surface area (Å²) in [6, 6.07) is 0. The summed E-state index contributed by atoms with van der Waals surface area (Å²) in [7, 11) is 0. The van der Waals surface area contributed by atoms with Gasteiger partial charge in [-0.3, -0.25) is 14.5 Å². The first kappa shape index (κ1) is 13.8. The number of carbonyl (C=O) groups is 2. The van der Waals surface area contributed by atoms with Gasteiger partial charge in [0.25, 0.3) is 0 Å². The third kappa shape index (κ3) is 5.03. The van der Waals surface area contributed by atoms with Crippen molar-refractivity contribution >= 4 is 11.9 Å². The van der Waals surface area contributed by atoms with Crippen LogP contribution in [0.5, 0.6) is 0 Å². The van der Waals surface area contributed by atoms with Gasteiger partial charge in [0.1, 0.15) is 6.54 Å². The van der Waals surface area contributed by atoms with E-state index in [-0.39, 0.29) is 13.1 Å². The number of amides is 1. The Kier molecular flexibility index (Phi) is 4.33. The zero-order valence-corrected chi connectivity index (χ0v) is 8.96. The van der Waals surface area contributed by atoms with Gasteiger partial charge in [0.05, 0.1) is 12.5 Å². The predicted molar refractivity (Wildman–Crippen MR) is 51.2 cm³/mol. The Bertz CT molecular complexity index is 306. The molecule has 1 rings (SSSR count). The molecule has 0 saturated carbocycles. The van der Waals surface area contributed by atoms with E-state index in [9.17, 15) is 22.8 Å². The SMILES string of the molecule is O=C(CN1CCC(C(=O)O)C1)NCC(F)(F)F. The number of hydrogen-bond acceptors (Lipinski definition) is 3. The Morgan fingerprint density at radius 1 is 1.41 bits per heavy atom. The van der Waals surface area contributed by atoms with E-state index in [1.165, 1.54) is 4.90 Å². The van der Waals surface area contributed by atoms with Crippen molar-refractivity contribution < 1.29 is 27.9 Å². The highest BCUT2D eigenvalue weighted by atomic mass is 19.4. The van der Waals surface area contributed by atoms with E-state index in [1.807, 2.05) is 0 Å². The van der Waals surface area contributed by atoms with Crippen molar-refractivity contribution in [3.8, 4) is 0 Å². The van der Waals surface area contributed by atoms with E-state index < -0.39 is 30.5 Å². The van der Waals surface area contributed by atoms with Crippen LogP contribution >= 0.6 is 0 Å². The number of rotatable bonds is 4. The molecule has 8 heteroatoms. The smallest absolute Gasteiger partial charge is 0.405 e. The van der Waals surface area contributed by atoms with Crippen molar-refractivity contribution in [1.82, 2.24) is 10.2 Å². The first-order valence-electron chi connectivity index (χ1n) is 5.06. The summed E-state index contributed by atoms with van der Waals surface area (Å²) in [5.41, 5.74) is 0. The molecular weight excluding hydrogens is 241 g/mol. The molecule has 1 unspecified atom stereocenters. The molecule has 0 spiro atoms. The van der Waals surface area contributed by atoms with Gasteiger partial charge in [-0.1, -0.05) is 0 Å². The van der Waals surface area contributed by atoms with Crippen LogP contribution in [0, 0.1) is 5.92 Å². The van der Waals surface area contributed by atoms with Crippen molar-refractivity contribution in [3.05, 3.63) is 0 Å². The molecule has 1 saturated heterocycles. The Morgan fingerprint density at radius 3 is 2.53 bits per heavy atom. The van der Waals surface area contributed by atoms with Crippen LogP contribution in [0.25, 0.3) is 0 Å². The lowest BCUT2D eigenvalue weighted by Gasteiger charge is -2.15. The zero-order valence-electron chi connectivity index (χ0n) is 8.96. The molecule has 1 fully saturated rings. The number of carbonyl (C=O) groups excluding carboxylic acids is 1. The molecular formula is C9H13F3N2O3. The fourth-order valence-electron chi connectivity index (χ4n) is 1.64. The molecule has 2 N–H and O–H groups in total. The van der Waals surface area contributed by atoms with Gasteiger partial charge < -0.3 is 10.4 Å². The minimum atomic E-state index is -4.43. The van der Waals surface area contributed by atoms with Crippen molar-refractivity contribution in [2.75, 3.05) is 26.2 Å². The number of aliphatic carboxylic acids is 1. The maximum absolute atomic E-state index is 11.8. The van der Waals surface area contributed by atoms with Crippen LogP contribution < -0.4 is 5.32 Å². The van der Waals surface area contributed by atoms with Crippen molar-refractivity contribution in [1.29, 1.82) is 0 Å². The number of halogens is 3. The highest BCUT2D eigenvalue weighted by Crippen LogP contribution is 2.16. The van der Waals surface area contributed by atoms with Crippen LogP contribution in [0.4, 0.5) is 13.2 Å². The molecule has 1 aliphatic rings. The van der Waals surface area contributed by atoms with Gasteiger partial charge in [0, 0.05) is 6.54 Å². The maximum atomic E-state index is 11.8. The first-order chi connectivity index (χ1) is 7.78. The summed E-state index contributed by atoms with van der Waals surface area (Å²) in [6.45, 7) is -0.937. The molecule has 1 atom stereocenters. The number of carboxylic acids is 1. The average molecular weight is 254 g/mol. The molecule has 5 nitrogen and oxygen atoms in total. The number of nitrogens with one attached hydrogen (secondary N) is 1. The summed E-state index contributed by atoms with van der Waals surface area (Å²) < 4.78 is 35.4. The number of carboxylic acid groups (broad SMARTS) is 1. The quantitative estimate of drug-likeness (QED) is 0.745. The van der Waals surface area contributed by atoms with Crippen LogP contribution in [0.15, 0.2) is 0 Å². The summed E-state index contributed by atoms with van der Waals surface area (Å²) in [5.74, 6) is -2.22. The molecule has 98 valence electrons. The van der Waals surface area contributed by atoms with Crippen molar-refractivity contribution in [2.45, 2.75) is 12.6 Å². The van der Waals surface area contributed by atoms with Gasteiger partial charge in [0.15, 0.2) is 0 Å². The highest BCUT2D eigenvalue weighted by molar-refractivity contribution is 5.78. The topological polar surface area (TPSA) is 69.6 Å². The van der Waals surface area contributed by atoms with Crippen LogP contribution in [0.2, 0.25) is 0 Å². The molecule has 1 heterocycles. The Hall–Kier alpha value is -1.31. The maximum Gasteiger partial charge on any atom is 0.405 e. The zero-order chi connectivity index (χ0) is 13.1. The number of likely N-dealkylation sites (tertiary alicyclic amines) is 1. The Balaban J connectivity index is 2.26. The summed E-state index contributed by atoms with van der Waals surface area (Å²) in [4.78, 5) is 23.3. The third-order valence-electron chi connectivity index (χ3n) is 2.47. The van der Waals surface area contributed by atoms with Gasteiger partial charge in [-0.15, -0.1) is 0 Å². The average Bonchev–Trinajstić information content (AvgIpc) is 2.62. The normalized spacial score (nSPS) is 21.5. The van der Waals surface area contributed by atoms with Gasteiger partial charge in [-0.2, -0.15) is 13.2 Å². The monoisotopic (exact) mass is 254 g/mol. The van der Waals surface area contributed by atoms with E-state index in [0.29, 0.717) is 13.0 Å². The minimum absolute atomic E-state index is 0.195. The van der Waals surface area contributed by atoms with Crippen molar-refractivity contribution in [3.63, 3.8) is 0 Å². The minimum Gasteiger partial charge on any atom is -0.481 e. The molecule has 1 aliphatic heterocycles. The van der Waals surface area contributed by atoms with E-state index in [4.69, 9.17) is 5.11 Å². The fraction of sp³-hybridized carbons (Fsp3) is 0.778. The summed E-state index contributed by atoms with van der Waals surface area (Å²) in [6.07, 6.45) is -4.01. The Morgan fingerprint density at radius 2 is 2.06 bits per heavy atom. The molecule has 17 heavy (non-hydrogen) atoms. The van der Waals surface area contributed by atoms with Crippen LogP contribution in [-0.4, -0.2) is 54.2 Å². The summed E-state index contributed by atoms with van der Waals surface area (Å²) in [5, 5.41) is 10.4. The molecule has 0 radical (unpaired) electrons. The molecule has 0 aromatic heterocycles. The Labute approximate surface area is 95.6 Å². The lowest BCUT2D eigenvalue weighted by Crippen LogP contribution is -2.40. The highest BCUT2D eigenvalue weighted by Gasteiger charge is 2.31. The fourth-order valence-corrected chi connectivity index (χ4v) is 1.64. The third-order valence-corrected chi connectivity index (χ3v) is 2.47. The summed E-state index contributed by atoms with van der Waals surface area (Å²) >= 11 is 0. The second-order valence-corrected chi connectivity index (χ2v) is 3.95. The lowest BCUT2D eigenvalue weighted by molar-refractivity contribution is -0.141. The second kappa shape index (κ2) is 5.35. The largest absolute Gasteiger partial charge is 0.481 e. The van der Waals surface area contributed by atoms with Crippen molar-refractivity contribution in [2.24, 2.45) is 5.92 Å². The van der Waals surface area contributed by atoms with E-state index >= 15 is 0 Å². The number of hydrogen-bond donors (Lipinski definition) is 2. The van der Waals surface area contributed by atoms with Gasteiger partial charge in [0.2, 0.25) is 5.91 Å². The predicted octanol–water partition coefficient (Wildman–Crippen LogP) is 0.0714. The standard InChI is InChI=1S/C9H13F3N2O3/c10-9(11,12)5-13-7(15)4-14-2-1-6(3-14)8(16)17/h6H,1-5H2,(H,13,15)(H,16,17). The number of alkyl halides is 3. The first-order valence-corrected chi connectivity index (χ1v) is 5.06. The molecule has 0 aromatic rings. The van der Waals surface area contributed by atoms with Gasteiger partial charge in [-0.05, 0) is 13.0 Å². The molecule has 0 aliphatic carbocycles. The second-order valence-electron chi connectivity index (χ2n) is 3.95. The number of nitrogens with zero attached hydrogens (tertiary/aromatic N) is 1. The van der Waals surface area contributed by atoms with Crippen LogP contribution in [-0.2, 0) is 9.59 Å². The van der Waals surface area contributed by atoms with Gasteiger partial charge in [-0.25, -0.2) is 0 Å². The van der Waals surface area contributed by atoms with E-state index in [2.05, 4.69) is 0 Å². The van der Waals surface area contributed by atoms with Crippen LogP contribution in [0.3, 0.4) is 0 Å². The molecule has 0 aromatic carbocycles. The van der Waals surface area contributed by atoms with Gasteiger partial charge >= 0.3 is 12.1 Å². The lowest BCUT2D eigenvalue weighted by atomic mass is 10.1.